The minimum Gasteiger partial charge on any atom is -0.478 e. The maximum atomic E-state index is 10.8. The minimum atomic E-state index is -0.943. The summed E-state index contributed by atoms with van der Waals surface area (Å²) < 4.78 is 0.581. The highest BCUT2D eigenvalue weighted by Gasteiger charge is 2.11. The van der Waals surface area contributed by atoms with E-state index in [2.05, 4.69) is 15.9 Å². The molecule has 0 aliphatic rings. The van der Waals surface area contributed by atoms with Crippen LogP contribution in [0.25, 0.3) is 0 Å². The van der Waals surface area contributed by atoms with Gasteiger partial charge in [0.05, 0.1) is 5.56 Å². The molecule has 0 saturated heterocycles. The lowest BCUT2D eigenvalue weighted by Crippen LogP contribution is -2.10. The molecule has 3 nitrogen and oxygen atoms in total. The van der Waals surface area contributed by atoms with Gasteiger partial charge in [-0.05, 0) is 40.0 Å². The smallest absolute Gasteiger partial charge is 0.336 e. The van der Waals surface area contributed by atoms with Gasteiger partial charge in [0.25, 0.3) is 0 Å². The highest BCUT2D eigenvalue weighted by atomic mass is 79.9. The van der Waals surface area contributed by atoms with Crippen LogP contribution in [0.2, 0.25) is 0 Å². The van der Waals surface area contributed by atoms with Crippen LogP contribution in [-0.2, 0) is 0 Å². The number of hydrogen-bond donors (Lipinski definition) is 2. The SMILES string of the molecule is CC[C@@H](N)c1ccc(Br)c(C(=O)O)c1. The van der Waals surface area contributed by atoms with E-state index < -0.39 is 5.97 Å². The van der Waals surface area contributed by atoms with E-state index >= 15 is 0 Å². The number of rotatable bonds is 3. The van der Waals surface area contributed by atoms with Gasteiger partial charge in [0.1, 0.15) is 0 Å². The largest absolute Gasteiger partial charge is 0.478 e. The number of benzene rings is 1. The van der Waals surface area contributed by atoms with Gasteiger partial charge in [-0.25, -0.2) is 4.79 Å². The Morgan fingerprint density at radius 2 is 2.29 bits per heavy atom. The maximum absolute atomic E-state index is 10.8. The summed E-state index contributed by atoms with van der Waals surface area (Å²) >= 11 is 3.18. The molecule has 0 spiro atoms. The van der Waals surface area contributed by atoms with E-state index in [-0.39, 0.29) is 11.6 Å². The molecule has 0 amide bonds. The third-order valence-electron chi connectivity index (χ3n) is 2.09. The number of halogens is 1. The van der Waals surface area contributed by atoms with E-state index in [1.54, 1.807) is 12.1 Å². The summed E-state index contributed by atoms with van der Waals surface area (Å²) in [6.07, 6.45) is 0.792. The van der Waals surface area contributed by atoms with E-state index in [0.29, 0.717) is 4.47 Å². The fraction of sp³-hybridized carbons (Fsp3) is 0.300. The van der Waals surface area contributed by atoms with Gasteiger partial charge in [-0.3, -0.25) is 0 Å². The molecule has 0 bridgehead atoms. The monoisotopic (exact) mass is 257 g/mol. The molecule has 76 valence electrons. The van der Waals surface area contributed by atoms with Gasteiger partial charge >= 0.3 is 5.97 Å². The van der Waals surface area contributed by atoms with Crippen LogP contribution in [0.3, 0.4) is 0 Å². The van der Waals surface area contributed by atoms with Crippen molar-refractivity contribution >= 4 is 21.9 Å². The predicted octanol–water partition coefficient (Wildman–Crippen LogP) is 2.56. The molecule has 0 radical (unpaired) electrons. The summed E-state index contributed by atoms with van der Waals surface area (Å²) in [5.74, 6) is -0.943. The molecule has 0 aliphatic heterocycles. The Balaban J connectivity index is 3.12. The fourth-order valence-electron chi connectivity index (χ4n) is 1.17. The van der Waals surface area contributed by atoms with Crippen molar-refractivity contribution in [1.29, 1.82) is 0 Å². The molecule has 0 heterocycles. The van der Waals surface area contributed by atoms with Crippen LogP contribution < -0.4 is 5.73 Å². The van der Waals surface area contributed by atoms with Crippen molar-refractivity contribution in [2.24, 2.45) is 5.73 Å². The van der Waals surface area contributed by atoms with E-state index in [4.69, 9.17) is 10.8 Å². The van der Waals surface area contributed by atoms with Crippen LogP contribution in [0.5, 0.6) is 0 Å². The van der Waals surface area contributed by atoms with Gasteiger partial charge in [-0.15, -0.1) is 0 Å². The third kappa shape index (κ3) is 2.33. The first kappa shape index (κ1) is 11.2. The van der Waals surface area contributed by atoms with Crippen molar-refractivity contribution in [1.82, 2.24) is 0 Å². The second-order valence-electron chi connectivity index (χ2n) is 3.06. The number of aromatic carboxylic acids is 1. The molecule has 3 N–H and O–H groups in total. The molecule has 0 fully saturated rings. The summed E-state index contributed by atoms with van der Waals surface area (Å²) in [7, 11) is 0. The summed E-state index contributed by atoms with van der Waals surface area (Å²) in [5.41, 5.74) is 6.92. The molecule has 0 aromatic heterocycles. The highest BCUT2D eigenvalue weighted by Crippen LogP contribution is 2.22. The molecule has 14 heavy (non-hydrogen) atoms. The van der Waals surface area contributed by atoms with Crippen LogP contribution in [0.4, 0.5) is 0 Å². The Hall–Kier alpha value is -0.870. The molecule has 1 aromatic carbocycles. The lowest BCUT2D eigenvalue weighted by Gasteiger charge is -2.10. The average molecular weight is 258 g/mol. The van der Waals surface area contributed by atoms with Crippen molar-refractivity contribution in [3.05, 3.63) is 33.8 Å². The maximum Gasteiger partial charge on any atom is 0.336 e. The van der Waals surface area contributed by atoms with E-state index in [1.165, 1.54) is 0 Å². The van der Waals surface area contributed by atoms with Gasteiger partial charge in [-0.1, -0.05) is 13.0 Å². The molecule has 1 aromatic rings. The zero-order chi connectivity index (χ0) is 10.7. The first-order valence-electron chi connectivity index (χ1n) is 4.34. The minimum absolute atomic E-state index is 0.0961. The van der Waals surface area contributed by atoms with Gasteiger partial charge < -0.3 is 10.8 Å². The fourth-order valence-corrected chi connectivity index (χ4v) is 1.59. The van der Waals surface area contributed by atoms with Gasteiger partial charge in [-0.2, -0.15) is 0 Å². The van der Waals surface area contributed by atoms with Crippen molar-refractivity contribution in [3.63, 3.8) is 0 Å². The van der Waals surface area contributed by atoms with Crippen LogP contribution >= 0.6 is 15.9 Å². The zero-order valence-electron chi connectivity index (χ0n) is 7.83. The quantitative estimate of drug-likeness (QED) is 0.875. The molecule has 0 unspecified atom stereocenters. The molecule has 4 heteroatoms. The predicted molar refractivity (Wildman–Crippen MR) is 58.3 cm³/mol. The van der Waals surface area contributed by atoms with E-state index in [0.717, 1.165) is 12.0 Å². The lowest BCUT2D eigenvalue weighted by molar-refractivity contribution is 0.0695. The van der Waals surface area contributed by atoms with E-state index in [1.807, 2.05) is 13.0 Å². The standard InChI is InChI=1S/C10H12BrNO2/c1-2-9(12)6-3-4-8(11)7(5-6)10(13)14/h3-5,9H,2,12H2,1H3,(H,13,14)/t9-/m1/s1. The third-order valence-corrected chi connectivity index (χ3v) is 2.78. The summed E-state index contributed by atoms with van der Waals surface area (Å²) in [5, 5.41) is 8.87. The highest BCUT2D eigenvalue weighted by molar-refractivity contribution is 9.10. The first-order chi connectivity index (χ1) is 6.56. The van der Waals surface area contributed by atoms with E-state index in [9.17, 15) is 4.79 Å². The molecule has 0 aliphatic carbocycles. The Morgan fingerprint density at radius 1 is 1.64 bits per heavy atom. The number of carboxylic acid groups (broad SMARTS) is 1. The molecule has 1 atom stereocenters. The Morgan fingerprint density at radius 3 is 2.79 bits per heavy atom. The first-order valence-corrected chi connectivity index (χ1v) is 5.14. The van der Waals surface area contributed by atoms with Crippen molar-refractivity contribution in [3.8, 4) is 0 Å². The number of hydrogen-bond acceptors (Lipinski definition) is 2. The summed E-state index contributed by atoms with van der Waals surface area (Å²) in [6, 6.07) is 5.07. The topological polar surface area (TPSA) is 63.3 Å². The Bertz CT molecular complexity index is 352. The second kappa shape index (κ2) is 4.57. The normalized spacial score (nSPS) is 12.5. The van der Waals surface area contributed by atoms with Crippen LogP contribution in [-0.4, -0.2) is 11.1 Å². The van der Waals surface area contributed by atoms with Gasteiger partial charge in [0.15, 0.2) is 0 Å². The molecular weight excluding hydrogens is 246 g/mol. The second-order valence-corrected chi connectivity index (χ2v) is 3.91. The van der Waals surface area contributed by atoms with Crippen molar-refractivity contribution in [2.75, 3.05) is 0 Å². The summed E-state index contributed by atoms with van der Waals surface area (Å²) in [6.45, 7) is 1.97. The number of nitrogens with two attached hydrogens (primary N) is 1. The summed E-state index contributed by atoms with van der Waals surface area (Å²) in [4.78, 5) is 10.8. The van der Waals surface area contributed by atoms with Crippen LogP contribution in [0, 0.1) is 0 Å². The zero-order valence-corrected chi connectivity index (χ0v) is 9.41. The average Bonchev–Trinajstić information content (AvgIpc) is 2.17. The number of carbonyl (C=O) groups is 1. The molecule has 0 saturated carbocycles. The molecule has 1 rings (SSSR count). The molecular formula is C10H12BrNO2. The van der Waals surface area contributed by atoms with Crippen molar-refractivity contribution in [2.45, 2.75) is 19.4 Å². The van der Waals surface area contributed by atoms with Crippen molar-refractivity contribution < 1.29 is 9.90 Å². The number of carboxylic acids is 1. The lowest BCUT2D eigenvalue weighted by atomic mass is 10.0. The van der Waals surface area contributed by atoms with Gasteiger partial charge in [0, 0.05) is 10.5 Å². The Kier molecular flexibility index (Phi) is 3.66. The van der Waals surface area contributed by atoms with Gasteiger partial charge in [0.2, 0.25) is 0 Å². The Labute approximate surface area is 91.1 Å². The van der Waals surface area contributed by atoms with Crippen LogP contribution in [0.1, 0.15) is 35.3 Å². The van der Waals surface area contributed by atoms with Crippen LogP contribution in [0.15, 0.2) is 22.7 Å².